The van der Waals surface area contributed by atoms with Gasteiger partial charge in [0, 0.05) is 13.3 Å². The van der Waals surface area contributed by atoms with Crippen LogP contribution in [-0.2, 0) is 25.7 Å². The van der Waals surface area contributed by atoms with Crippen LogP contribution in [-0.4, -0.2) is 29.4 Å². The minimum Gasteiger partial charge on any atom is -0.459 e. The Labute approximate surface area is 142 Å². The van der Waals surface area contributed by atoms with Gasteiger partial charge in [0.1, 0.15) is 18.2 Å². The van der Waals surface area contributed by atoms with Gasteiger partial charge in [-0.15, -0.1) is 12.3 Å². The lowest BCUT2D eigenvalue weighted by Crippen LogP contribution is -2.56. The highest BCUT2D eigenvalue weighted by Crippen LogP contribution is 2.09. The van der Waals surface area contributed by atoms with E-state index in [0.29, 0.717) is 0 Å². The Kier molecular flexibility index (Phi) is 6.99. The van der Waals surface area contributed by atoms with E-state index in [1.165, 1.54) is 20.8 Å². The van der Waals surface area contributed by atoms with E-state index in [1.807, 2.05) is 30.3 Å². The van der Waals surface area contributed by atoms with Crippen LogP contribution in [0.25, 0.3) is 0 Å². The lowest BCUT2D eigenvalue weighted by atomic mass is 10.0. The van der Waals surface area contributed by atoms with Gasteiger partial charge < -0.3 is 15.4 Å². The van der Waals surface area contributed by atoms with Crippen molar-refractivity contribution in [3.8, 4) is 12.3 Å². The fourth-order valence-corrected chi connectivity index (χ4v) is 1.92. The van der Waals surface area contributed by atoms with E-state index in [-0.39, 0.29) is 18.9 Å². The number of carbonyl (C=O) groups is 3. The minimum atomic E-state index is -1.25. The lowest BCUT2D eigenvalue weighted by molar-refractivity contribution is -0.153. The van der Waals surface area contributed by atoms with Crippen molar-refractivity contribution in [2.45, 2.75) is 45.4 Å². The fraction of sp³-hybridized carbons (Fsp3) is 0.389. The van der Waals surface area contributed by atoms with E-state index in [2.05, 4.69) is 16.6 Å². The average Bonchev–Trinajstić information content (AvgIpc) is 2.52. The average molecular weight is 330 g/mol. The molecule has 2 N–H and O–H groups in total. The smallest absolute Gasteiger partial charge is 0.331 e. The molecule has 0 unspecified atom stereocenters. The summed E-state index contributed by atoms with van der Waals surface area (Å²) >= 11 is 0. The lowest BCUT2D eigenvalue weighted by Gasteiger charge is -2.26. The topological polar surface area (TPSA) is 84.5 Å². The number of benzene rings is 1. The predicted molar refractivity (Wildman–Crippen MR) is 89.5 cm³/mol. The molecule has 24 heavy (non-hydrogen) atoms. The van der Waals surface area contributed by atoms with Crippen LogP contribution in [0.2, 0.25) is 0 Å². The molecule has 0 spiro atoms. The first-order valence-electron chi connectivity index (χ1n) is 7.50. The first-order valence-corrected chi connectivity index (χ1v) is 7.50. The summed E-state index contributed by atoms with van der Waals surface area (Å²) in [5, 5.41) is 5.01. The van der Waals surface area contributed by atoms with Crippen molar-refractivity contribution in [2.75, 3.05) is 0 Å². The Hall–Kier alpha value is -2.81. The molecule has 6 nitrogen and oxygen atoms in total. The predicted octanol–water partition coefficient (Wildman–Crippen LogP) is 1.15. The van der Waals surface area contributed by atoms with Gasteiger partial charge in [0.05, 0.1) is 0 Å². The van der Waals surface area contributed by atoms with Gasteiger partial charge in [0.25, 0.3) is 0 Å². The zero-order valence-electron chi connectivity index (χ0n) is 14.1. The molecule has 0 aliphatic heterocycles. The van der Waals surface area contributed by atoms with Gasteiger partial charge in [-0.3, -0.25) is 9.59 Å². The summed E-state index contributed by atoms with van der Waals surface area (Å²) in [6.07, 6.45) is 5.23. The van der Waals surface area contributed by atoms with E-state index in [0.717, 1.165) is 5.56 Å². The summed E-state index contributed by atoms with van der Waals surface area (Å²) in [5.74, 6) is 0.826. The van der Waals surface area contributed by atoms with Crippen LogP contribution in [0, 0.1) is 12.3 Å². The monoisotopic (exact) mass is 330 g/mol. The standard InChI is InChI=1S/C18H22N2O4/c1-5-9-15(19-13(2)21)16(22)20-18(3,4)17(23)24-12-14-10-7-6-8-11-14/h1,6-8,10-11,15H,9,12H2,2-4H3,(H,19,21)(H,20,22)/t15-/m0/s1. The first kappa shape index (κ1) is 19.2. The number of ether oxygens (including phenoxy) is 1. The van der Waals surface area contributed by atoms with Gasteiger partial charge in [-0.05, 0) is 19.4 Å². The van der Waals surface area contributed by atoms with Crippen molar-refractivity contribution >= 4 is 17.8 Å². The number of nitrogens with one attached hydrogen (secondary N) is 2. The summed E-state index contributed by atoms with van der Waals surface area (Å²) in [6.45, 7) is 4.45. The van der Waals surface area contributed by atoms with Crippen LogP contribution in [0.15, 0.2) is 30.3 Å². The third kappa shape index (κ3) is 6.13. The minimum absolute atomic E-state index is 0.0283. The summed E-state index contributed by atoms with van der Waals surface area (Å²) in [5.41, 5.74) is -0.409. The van der Waals surface area contributed by atoms with Gasteiger partial charge >= 0.3 is 5.97 Å². The second kappa shape index (κ2) is 8.73. The summed E-state index contributed by atoms with van der Waals surface area (Å²) in [7, 11) is 0. The van der Waals surface area contributed by atoms with E-state index in [9.17, 15) is 14.4 Å². The third-order valence-electron chi connectivity index (χ3n) is 3.17. The van der Waals surface area contributed by atoms with Crippen LogP contribution in [0.5, 0.6) is 0 Å². The molecule has 2 amide bonds. The maximum absolute atomic E-state index is 12.2. The van der Waals surface area contributed by atoms with Crippen LogP contribution in [0.1, 0.15) is 32.8 Å². The maximum atomic E-state index is 12.2. The number of carbonyl (C=O) groups excluding carboxylic acids is 3. The molecular weight excluding hydrogens is 308 g/mol. The highest BCUT2D eigenvalue weighted by Gasteiger charge is 2.33. The molecule has 1 atom stereocenters. The van der Waals surface area contributed by atoms with Crippen LogP contribution in [0.4, 0.5) is 0 Å². The molecular formula is C18H22N2O4. The van der Waals surface area contributed by atoms with Gasteiger partial charge in [-0.1, -0.05) is 30.3 Å². The molecule has 1 aromatic rings. The van der Waals surface area contributed by atoms with Crippen molar-refractivity contribution in [2.24, 2.45) is 0 Å². The molecule has 0 aliphatic carbocycles. The van der Waals surface area contributed by atoms with Crippen molar-refractivity contribution in [1.29, 1.82) is 0 Å². The van der Waals surface area contributed by atoms with Crippen molar-refractivity contribution < 1.29 is 19.1 Å². The zero-order valence-corrected chi connectivity index (χ0v) is 14.1. The highest BCUT2D eigenvalue weighted by molar-refractivity contribution is 5.92. The maximum Gasteiger partial charge on any atom is 0.331 e. The number of hydrogen-bond acceptors (Lipinski definition) is 4. The normalized spacial score (nSPS) is 11.8. The Morgan fingerprint density at radius 2 is 1.88 bits per heavy atom. The fourth-order valence-electron chi connectivity index (χ4n) is 1.92. The summed E-state index contributed by atoms with van der Waals surface area (Å²) < 4.78 is 5.23. The molecule has 0 radical (unpaired) electrons. The van der Waals surface area contributed by atoms with Crippen molar-refractivity contribution in [1.82, 2.24) is 10.6 Å². The van der Waals surface area contributed by atoms with Crippen molar-refractivity contribution in [3.63, 3.8) is 0 Å². The number of esters is 1. The largest absolute Gasteiger partial charge is 0.459 e. The van der Waals surface area contributed by atoms with Crippen LogP contribution in [0.3, 0.4) is 0 Å². The van der Waals surface area contributed by atoms with Crippen LogP contribution >= 0.6 is 0 Å². The molecule has 0 aliphatic rings. The van der Waals surface area contributed by atoms with E-state index in [1.54, 1.807) is 0 Å². The molecule has 6 heteroatoms. The molecule has 0 saturated carbocycles. The quantitative estimate of drug-likeness (QED) is 0.580. The number of terminal acetylenes is 1. The van der Waals surface area contributed by atoms with E-state index >= 15 is 0 Å². The Bertz CT molecular complexity index is 632. The molecule has 0 fully saturated rings. The molecule has 1 rings (SSSR count). The van der Waals surface area contributed by atoms with Gasteiger partial charge in [0.2, 0.25) is 11.8 Å². The Morgan fingerprint density at radius 1 is 1.25 bits per heavy atom. The molecule has 0 saturated heterocycles. The highest BCUT2D eigenvalue weighted by atomic mass is 16.5. The zero-order chi connectivity index (χ0) is 18.2. The Balaban J connectivity index is 2.65. The SMILES string of the molecule is C#CC[C@H](NC(C)=O)C(=O)NC(C)(C)C(=O)OCc1ccccc1. The number of amides is 2. The molecule has 0 aromatic heterocycles. The molecule has 0 bridgehead atoms. The first-order chi connectivity index (χ1) is 11.3. The van der Waals surface area contributed by atoms with Gasteiger partial charge in [0.15, 0.2) is 0 Å². The molecule has 0 heterocycles. The second-order valence-corrected chi connectivity index (χ2v) is 5.84. The van der Waals surface area contributed by atoms with E-state index < -0.39 is 23.5 Å². The van der Waals surface area contributed by atoms with Gasteiger partial charge in [-0.25, -0.2) is 4.79 Å². The summed E-state index contributed by atoms with van der Waals surface area (Å²) in [4.78, 5) is 35.6. The Morgan fingerprint density at radius 3 is 2.42 bits per heavy atom. The third-order valence-corrected chi connectivity index (χ3v) is 3.17. The second-order valence-electron chi connectivity index (χ2n) is 5.84. The van der Waals surface area contributed by atoms with Crippen molar-refractivity contribution in [3.05, 3.63) is 35.9 Å². The van der Waals surface area contributed by atoms with Crippen LogP contribution < -0.4 is 10.6 Å². The summed E-state index contributed by atoms with van der Waals surface area (Å²) in [6, 6.07) is 8.32. The van der Waals surface area contributed by atoms with E-state index in [4.69, 9.17) is 11.2 Å². The molecule has 1 aromatic carbocycles. The number of hydrogen-bond donors (Lipinski definition) is 2. The molecule has 128 valence electrons. The van der Waals surface area contributed by atoms with Gasteiger partial charge in [-0.2, -0.15) is 0 Å². The number of rotatable bonds is 7.